The third-order valence-corrected chi connectivity index (χ3v) is 7.91. The summed E-state index contributed by atoms with van der Waals surface area (Å²) in [5, 5.41) is 0. The highest BCUT2D eigenvalue weighted by molar-refractivity contribution is 7.89. The number of hydrogen-bond acceptors (Lipinski definition) is 5. The standard InChI is InChI=1S/C21H22FNO5S/c22-17-3-1-2-4-20(17)29(24,25)23-8-5-15-11-18-19(28-13-27-18)12-16(15)21(23)14-6-9-26-10-7-14/h1-4,11-12,14,21H,5-10,13H2/t21-/m1/s1. The second kappa shape index (κ2) is 7.27. The fourth-order valence-electron chi connectivity index (χ4n) is 4.59. The molecule has 0 amide bonds. The molecule has 154 valence electrons. The van der Waals surface area contributed by atoms with Crippen molar-refractivity contribution in [3.05, 3.63) is 53.3 Å². The molecule has 0 saturated carbocycles. The van der Waals surface area contributed by atoms with Gasteiger partial charge in [0.05, 0.1) is 6.04 Å². The fraction of sp³-hybridized carbons (Fsp3) is 0.429. The number of rotatable bonds is 3. The summed E-state index contributed by atoms with van der Waals surface area (Å²) in [6.07, 6.45) is 2.04. The van der Waals surface area contributed by atoms with Crippen LogP contribution in [0.15, 0.2) is 41.3 Å². The van der Waals surface area contributed by atoms with Crippen molar-refractivity contribution in [1.29, 1.82) is 0 Å². The summed E-state index contributed by atoms with van der Waals surface area (Å²) in [5.41, 5.74) is 1.98. The molecule has 29 heavy (non-hydrogen) atoms. The number of fused-ring (bicyclic) bond motifs is 2. The van der Waals surface area contributed by atoms with Gasteiger partial charge in [-0.2, -0.15) is 4.31 Å². The molecule has 0 radical (unpaired) electrons. The molecule has 1 fully saturated rings. The normalized spacial score (nSPS) is 22.4. The van der Waals surface area contributed by atoms with Gasteiger partial charge in [-0.1, -0.05) is 12.1 Å². The van der Waals surface area contributed by atoms with Crippen molar-refractivity contribution < 1.29 is 27.0 Å². The minimum absolute atomic E-state index is 0.0877. The lowest BCUT2D eigenvalue weighted by Crippen LogP contribution is -2.44. The van der Waals surface area contributed by atoms with Gasteiger partial charge in [-0.25, -0.2) is 12.8 Å². The Balaban J connectivity index is 1.62. The zero-order valence-corrected chi connectivity index (χ0v) is 16.7. The van der Waals surface area contributed by atoms with Gasteiger partial charge in [0.1, 0.15) is 10.7 Å². The van der Waals surface area contributed by atoms with Crippen molar-refractivity contribution in [2.75, 3.05) is 26.6 Å². The molecule has 1 saturated heterocycles. The van der Waals surface area contributed by atoms with Gasteiger partial charge in [-0.15, -0.1) is 0 Å². The summed E-state index contributed by atoms with van der Waals surface area (Å²) in [7, 11) is -4.00. The van der Waals surface area contributed by atoms with Gasteiger partial charge in [0.25, 0.3) is 0 Å². The zero-order chi connectivity index (χ0) is 20.0. The average molecular weight is 419 g/mol. The highest BCUT2D eigenvalue weighted by atomic mass is 32.2. The van der Waals surface area contributed by atoms with E-state index in [0.717, 1.165) is 24.0 Å². The van der Waals surface area contributed by atoms with Crippen molar-refractivity contribution in [1.82, 2.24) is 4.31 Å². The Bertz CT molecular complexity index is 1040. The van der Waals surface area contributed by atoms with Crippen LogP contribution >= 0.6 is 0 Å². The first-order chi connectivity index (χ1) is 14.1. The zero-order valence-electron chi connectivity index (χ0n) is 15.8. The molecule has 0 bridgehead atoms. The Morgan fingerprint density at radius 3 is 2.52 bits per heavy atom. The number of sulfonamides is 1. The summed E-state index contributed by atoms with van der Waals surface area (Å²) in [4.78, 5) is -0.277. The molecular weight excluding hydrogens is 397 g/mol. The van der Waals surface area contributed by atoms with Crippen LogP contribution < -0.4 is 9.47 Å². The van der Waals surface area contributed by atoms with Crippen LogP contribution in [-0.2, 0) is 21.2 Å². The summed E-state index contributed by atoms with van der Waals surface area (Å²) in [6.45, 7) is 1.64. The second-order valence-electron chi connectivity index (χ2n) is 7.60. The van der Waals surface area contributed by atoms with E-state index in [1.807, 2.05) is 12.1 Å². The minimum Gasteiger partial charge on any atom is -0.454 e. The lowest BCUT2D eigenvalue weighted by atomic mass is 9.82. The van der Waals surface area contributed by atoms with E-state index >= 15 is 0 Å². The molecule has 3 heterocycles. The predicted octanol–water partition coefficient (Wildman–Crippen LogP) is 3.27. The van der Waals surface area contributed by atoms with E-state index in [9.17, 15) is 12.8 Å². The number of hydrogen-bond donors (Lipinski definition) is 0. The Hall–Kier alpha value is -2.16. The summed E-state index contributed by atoms with van der Waals surface area (Å²) < 4.78 is 59.5. The number of benzene rings is 2. The van der Waals surface area contributed by atoms with Crippen LogP contribution in [-0.4, -0.2) is 39.3 Å². The Morgan fingerprint density at radius 1 is 1.03 bits per heavy atom. The molecule has 6 nitrogen and oxygen atoms in total. The van der Waals surface area contributed by atoms with Gasteiger partial charge >= 0.3 is 0 Å². The number of halogens is 1. The monoisotopic (exact) mass is 419 g/mol. The Labute approximate surface area is 169 Å². The first-order valence-electron chi connectivity index (χ1n) is 9.82. The third-order valence-electron chi connectivity index (χ3n) is 6.00. The first-order valence-corrected chi connectivity index (χ1v) is 11.3. The van der Waals surface area contributed by atoms with Gasteiger partial charge in [-0.3, -0.25) is 0 Å². The molecule has 0 aromatic heterocycles. The van der Waals surface area contributed by atoms with Gasteiger partial charge < -0.3 is 14.2 Å². The number of ether oxygens (including phenoxy) is 3. The van der Waals surface area contributed by atoms with Crippen molar-refractivity contribution in [2.24, 2.45) is 5.92 Å². The third kappa shape index (κ3) is 3.19. The molecule has 0 N–H and O–H groups in total. The van der Waals surface area contributed by atoms with Gasteiger partial charge in [0.15, 0.2) is 11.5 Å². The lowest BCUT2D eigenvalue weighted by molar-refractivity contribution is 0.0397. The summed E-state index contributed by atoms with van der Waals surface area (Å²) in [6, 6.07) is 9.04. The van der Waals surface area contributed by atoms with Gasteiger partial charge in [0.2, 0.25) is 16.8 Å². The maximum atomic E-state index is 14.4. The highest BCUT2D eigenvalue weighted by Crippen LogP contribution is 2.46. The minimum atomic E-state index is -4.00. The molecule has 0 unspecified atom stereocenters. The molecule has 0 aliphatic carbocycles. The van der Waals surface area contributed by atoms with Crippen molar-refractivity contribution in [3.8, 4) is 11.5 Å². The fourth-order valence-corrected chi connectivity index (χ4v) is 6.32. The summed E-state index contributed by atoms with van der Waals surface area (Å²) in [5.74, 6) is 0.685. The van der Waals surface area contributed by atoms with Crippen LogP contribution in [0.5, 0.6) is 11.5 Å². The molecule has 3 aliphatic heterocycles. The van der Waals surface area contributed by atoms with Crippen LogP contribution in [0.2, 0.25) is 0 Å². The average Bonchev–Trinajstić information content (AvgIpc) is 3.19. The van der Waals surface area contributed by atoms with Crippen LogP contribution in [0.3, 0.4) is 0 Å². The largest absolute Gasteiger partial charge is 0.454 e. The van der Waals surface area contributed by atoms with Gasteiger partial charge in [-0.05, 0) is 60.6 Å². The van der Waals surface area contributed by atoms with E-state index in [1.54, 1.807) is 6.07 Å². The van der Waals surface area contributed by atoms with E-state index < -0.39 is 15.8 Å². The molecule has 1 atom stereocenters. The quantitative estimate of drug-likeness (QED) is 0.764. The summed E-state index contributed by atoms with van der Waals surface area (Å²) >= 11 is 0. The first kappa shape index (κ1) is 18.8. The molecule has 3 aliphatic rings. The van der Waals surface area contributed by atoms with E-state index in [4.69, 9.17) is 14.2 Å². The Morgan fingerprint density at radius 2 is 1.76 bits per heavy atom. The van der Waals surface area contributed by atoms with E-state index in [2.05, 4.69) is 0 Å². The van der Waals surface area contributed by atoms with Gasteiger partial charge in [0, 0.05) is 19.8 Å². The van der Waals surface area contributed by atoms with Crippen molar-refractivity contribution in [2.45, 2.75) is 30.2 Å². The lowest BCUT2D eigenvalue weighted by Gasteiger charge is -2.42. The number of nitrogens with zero attached hydrogens (tertiary/aromatic N) is 1. The molecule has 0 spiro atoms. The molecular formula is C21H22FNO5S. The van der Waals surface area contributed by atoms with E-state index in [1.165, 1.54) is 22.5 Å². The van der Waals surface area contributed by atoms with Crippen LogP contribution in [0.25, 0.3) is 0 Å². The van der Waals surface area contributed by atoms with E-state index in [-0.39, 0.29) is 23.6 Å². The predicted molar refractivity (Wildman–Crippen MR) is 103 cm³/mol. The molecule has 2 aromatic rings. The van der Waals surface area contributed by atoms with Crippen LogP contribution in [0, 0.1) is 11.7 Å². The molecule has 5 rings (SSSR count). The highest BCUT2D eigenvalue weighted by Gasteiger charge is 2.42. The van der Waals surface area contributed by atoms with Crippen LogP contribution in [0.4, 0.5) is 4.39 Å². The SMILES string of the molecule is O=S(=O)(c1ccccc1F)N1CCc2cc3c(cc2[C@H]1C1CCOCC1)OCO3. The van der Waals surface area contributed by atoms with Crippen LogP contribution in [0.1, 0.15) is 30.0 Å². The maximum Gasteiger partial charge on any atom is 0.246 e. The maximum absolute atomic E-state index is 14.4. The Kier molecular flexibility index (Phi) is 4.72. The topological polar surface area (TPSA) is 65.1 Å². The van der Waals surface area contributed by atoms with Crippen molar-refractivity contribution >= 4 is 10.0 Å². The molecule has 2 aromatic carbocycles. The molecule has 8 heteroatoms. The van der Waals surface area contributed by atoms with Crippen molar-refractivity contribution in [3.63, 3.8) is 0 Å². The van der Waals surface area contributed by atoms with E-state index in [0.29, 0.717) is 37.7 Å². The second-order valence-corrected chi connectivity index (χ2v) is 9.45. The smallest absolute Gasteiger partial charge is 0.246 e.